The molecule has 1 aliphatic rings. The molecule has 0 radical (unpaired) electrons. The van der Waals surface area contributed by atoms with Crippen LogP contribution in [0.25, 0.3) is 0 Å². The smallest absolute Gasteiger partial charge is 0.226 e. The molecule has 0 fully saturated rings. The number of hydrogen-bond donors (Lipinski definition) is 0. The van der Waals surface area contributed by atoms with Crippen molar-refractivity contribution in [1.29, 1.82) is 0 Å². The second-order valence-electron chi connectivity index (χ2n) is 5.29. The van der Waals surface area contributed by atoms with Crippen LogP contribution in [0.15, 0.2) is 31.1 Å². The Kier molecular flexibility index (Phi) is 2.88. The molecule has 4 heterocycles. The molecule has 8 heteroatoms. The normalized spacial score (nSPS) is 13.6. The first-order chi connectivity index (χ1) is 10.7. The number of aromatic nitrogens is 6. The van der Waals surface area contributed by atoms with Gasteiger partial charge in [-0.05, 0) is 0 Å². The Morgan fingerprint density at radius 1 is 1.23 bits per heavy atom. The maximum atomic E-state index is 13.0. The van der Waals surface area contributed by atoms with E-state index in [4.69, 9.17) is 0 Å². The number of anilines is 1. The van der Waals surface area contributed by atoms with E-state index in [-0.39, 0.29) is 0 Å². The monoisotopic (exact) mass is 299 g/mol. The van der Waals surface area contributed by atoms with Crippen LogP contribution in [0.5, 0.6) is 0 Å². The van der Waals surface area contributed by atoms with E-state index in [1.165, 1.54) is 18.0 Å². The van der Waals surface area contributed by atoms with E-state index in [9.17, 15) is 4.39 Å². The summed E-state index contributed by atoms with van der Waals surface area (Å²) in [5.41, 5.74) is 3.34. The molecule has 0 bridgehead atoms. The lowest BCUT2D eigenvalue weighted by Crippen LogP contribution is -2.19. The van der Waals surface area contributed by atoms with Crippen molar-refractivity contribution in [2.45, 2.75) is 19.6 Å². The Labute approximate surface area is 126 Å². The molecule has 0 amide bonds. The third-order valence-electron chi connectivity index (χ3n) is 3.83. The zero-order chi connectivity index (χ0) is 15.1. The summed E-state index contributed by atoms with van der Waals surface area (Å²) in [6.07, 6.45) is 7.82. The van der Waals surface area contributed by atoms with E-state index in [1.54, 1.807) is 12.5 Å². The minimum atomic E-state index is -0.428. The molecule has 1 aliphatic heterocycles. The maximum Gasteiger partial charge on any atom is 0.226 e. The molecule has 3 aromatic rings. The van der Waals surface area contributed by atoms with Crippen LogP contribution in [-0.4, -0.2) is 29.3 Å². The summed E-state index contributed by atoms with van der Waals surface area (Å²) in [5.74, 6) is 0.106. The Bertz CT molecular complexity index is 791. The molecule has 112 valence electrons. The fraction of sp³-hybridized carbons (Fsp3) is 0.286. The summed E-state index contributed by atoms with van der Waals surface area (Å²) >= 11 is 0. The summed E-state index contributed by atoms with van der Waals surface area (Å²) in [6, 6.07) is 0. The zero-order valence-electron chi connectivity index (χ0n) is 12.0. The van der Waals surface area contributed by atoms with Crippen molar-refractivity contribution in [2.24, 2.45) is 7.05 Å². The number of fused-ring (bicyclic) bond motifs is 1. The van der Waals surface area contributed by atoms with Crippen molar-refractivity contribution >= 4 is 5.95 Å². The summed E-state index contributed by atoms with van der Waals surface area (Å²) < 4.78 is 16.8. The van der Waals surface area contributed by atoms with Crippen LogP contribution < -0.4 is 4.90 Å². The molecule has 22 heavy (non-hydrogen) atoms. The molecule has 0 saturated heterocycles. The van der Waals surface area contributed by atoms with E-state index in [0.29, 0.717) is 25.6 Å². The number of hydrogen-bond acceptors (Lipinski definition) is 5. The van der Waals surface area contributed by atoms with Gasteiger partial charge in [-0.3, -0.25) is 4.68 Å². The molecule has 4 rings (SSSR count). The molecule has 0 spiro atoms. The first kappa shape index (κ1) is 12.9. The number of aryl methyl sites for hydroxylation is 1. The standard InChI is InChI=1S/C14H14FN7/c1-20-13-8-22(14-17-4-10(15)5-18-14)6-11(13)12(19-20)7-21-3-2-16-9-21/h2-5,9H,6-8H2,1H3. The highest BCUT2D eigenvalue weighted by atomic mass is 19.1. The van der Waals surface area contributed by atoms with Crippen molar-refractivity contribution in [1.82, 2.24) is 29.3 Å². The van der Waals surface area contributed by atoms with Crippen LogP contribution in [0.4, 0.5) is 10.3 Å². The van der Waals surface area contributed by atoms with Crippen LogP contribution in [0.3, 0.4) is 0 Å². The summed E-state index contributed by atoms with van der Waals surface area (Å²) in [4.78, 5) is 14.2. The zero-order valence-corrected chi connectivity index (χ0v) is 12.0. The summed E-state index contributed by atoms with van der Waals surface area (Å²) in [6.45, 7) is 2.04. The fourth-order valence-electron chi connectivity index (χ4n) is 2.76. The predicted molar refractivity (Wildman–Crippen MR) is 76.4 cm³/mol. The third-order valence-corrected chi connectivity index (χ3v) is 3.83. The minimum Gasteiger partial charge on any atom is -0.331 e. The van der Waals surface area contributed by atoms with Crippen molar-refractivity contribution in [2.75, 3.05) is 4.90 Å². The van der Waals surface area contributed by atoms with E-state index < -0.39 is 5.82 Å². The van der Waals surface area contributed by atoms with Crippen molar-refractivity contribution in [3.8, 4) is 0 Å². The number of halogens is 1. The lowest BCUT2D eigenvalue weighted by molar-refractivity contribution is 0.609. The molecule has 0 aliphatic carbocycles. The van der Waals surface area contributed by atoms with Gasteiger partial charge < -0.3 is 9.47 Å². The topological polar surface area (TPSA) is 64.7 Å². The highest BCUT2D eigenvalue weighted by molar-refractivity contribution is 5.42. The molecule has 0 N–H and O–H groups in total. The van der Waals surface area contributed by atoms with Crippen molar-refractivity contribution in [3.05, 3.63) is 53.9 Å². The van der Waals surface area contributed by atoms with E-state index >= 15 is 0 Å². The molecule has 0 atom stereocenters. The van der Waals surface area contributed by atoms with E-state index in [0.717, 1.165) is 11.4 Å². The Hall–Kier alpha value is -2.77. The third kappa shape index (κ3) is 2.12. The van der Waals surface area contributed by atoms with Crippen LogP contribution in [0.1, 0.15) is 17.0 Å². The van der Waals surface area contributed by atoms with Crippen molar-refractivity contribution in [3.63, 3.8) is 0 Å². The molecule has 7 nitrogen and oxygen atoms in total. The first-order valence-electron chi connectivity index (χ1n) is 6.92. The molecule has 0 unspecified atom stereocenters. The summed E-state index contributed by atoms with van der Waals surface area (Å²) in [5, 5.41) is 4.59. The van der Waals surface area contributed by atoms with Gasteiger partial charge in [-0.25, -0.2) is 19.3 Å². The van der Waals surface area contributed by atoms with Gasteiger partial charge in [0.25, 0.3) is 0 Å². The molecule has 3 aromatic heterocycles. The van der Waals surface area contributed by atoms with Gasteiger partial charge in [0.2, 0.25) is 5.95 Å². The first-order valence-corrected chi connectivity index (χ1v) is 6.92. The predicted octanol–water partition coefficient (Wildman–Crippen LogP) is 1.11. The number of imidazole rings is 1. The molecular formula is C14H14FN7. The van der Waals surface area contributed by atoms with Gasteiger partial charge in [0.15, 0.2) is 5.82 Å². The van der Waals surface area contributed by atoms with Crippen molar-refractivity contribution < 1.29 is 4.39 Å². The minimum absolute atomic E-state index is 0.428. The largest absolute Gasteiger partial charge is 0.331 e. The quantitative estimate of drug-likeness (QED) is 0.725. The number of nitrogens with zero attached hydrogens (tertiary/aromatic N) is 7. The fourth-order valence-corrected chi connectivity index (χ4v) is 2.76. The van der Waals surface area contributed by atoms with Gasteiger partial charge in [0.1, 0.15) is 0 Å². The molecule has 0 aromatic carbocycles. The van der Waals surface area contributed by atoms with Crippen LogP contribution >= 0.6 is 0 Å². The maximum absolute atomic E-state index is 13.0. The van der Waals surface area contributed by atoms with Gasteiger partial charge in [0, 0.05) is 25.0 Å². The second kappa shape index (κ2) is 4.90. The van der Waals surface area contributed by atoms with Gasteiger partial charge in [-0.15, -0.1) is 0 Å². The summed E-state index contributed by atoms with van der Waals surface area (Å²) in [7, 11) is 1.94. The van der Waals surface area contributed by atoms with Crippen LogP contribution in [0.2, 0.25) is 0 Å². The Morgan fingerprint density at radius 2 is 2.05 bits per heavy atom. The van der Waals surface area contributed by atoms with E-state index in [1.807, 2.05) is 27.4 Å². The van der Waals surface area contributed by atoms with Crippen LogP contribution in [-0.2, 0) is 26.7 Å². The molecule has 0 saturated carbocycles. The van der Waals surface area contributed by atoms with Gasteiger partial charge in [-0.1, -0.05) is 0 Å². The lowest BCUT2D eigenvalue weighted by Gasteiger charge is -2.15. The Morgan fingerprint density at radius 3 is 2.77 bits per heavy atom. The van der Waals surface area contributed by atoms with Crippen LogP contribution in [0, 0.1) is 5.82 Å². The highest BCUT2D eigenvalue weighted by Gasteiger charge is 2.28. The lowest BCUT2D eigenvalue weighted by atomic mass is 10.2. The average molecular weight is 299 g/mol. The van der Waals surface area contributed by atoms with Gasteiger partial charge in [0.05, 0.1) is 49.7 Å². The Balaban J connectivity index is 1.62. The van der Waals surface area contributed by atoms with Gasteiger partial charge >= 0.3 is 0 Å². The van der Waals surface area contributed by atoms with Gasteiger partial charge in [-0.2, -0.15) is 5.10 Å². The average Bonchev–Trinajstić information content (AvgIpc) is 3.20. The number of rotatable bonds is 3. The van der Waals surface area contributed by atoms with E-state index in [2.05, 4.69) is 20.1 Å². The second-order valence-corrected chi connectivity index (χ2v) is 5.29. The highest BCUT2D eigenvalue weighted by Crippen LogP contribution is 2.28. The SMILES string of the molecule is Cn1nc(Cn2ccnc2)c2c1CN(c1ncc(F)cn1)C2. The molecular weight excluding hydrogens is 285 g/mol.